The third-order valence-corrected chi connectivity index (χ3v) is 1.71. The lowest BCUT2D eigenvalue weighted by molar-refractivity contribution is 1.17. The molecule has 2 heterocycles. The van der Waals surface area contributed by atoms with E-state index in [9.17, 15) is 0 Å². The number of rotatable bonds is 0. The first-order valence-corrected chi connectivity index (χ1v) is 4.88. The molecule has 0 spiro atoms. The molecule has 0 aliphatic rings. The summed E-state index contributed by atoms with van der Waals surface area (Å²) in [5.74, 6) is 0. The third-order valence-electron chi connectivity index (χ3n) is 1.13. The summed E-state index contributed by atoms with van der Waals surface area (Å²) in [6.45, 7) is 0. The van der Waals surface area contributed by atoms with Crippen LogP contribution < -0.4 is 0 Å². The molecule has 2 aromatic rings. The van der Waals surface area contributed by atoms with Gasteiger partial charge in [0.2, 0.25) is 10.6 Å². The summed E-state index contributed by atoms with van der Waals surface area (Å²) in [4.78, 5) is 14.5. The highest BCUT2D eigenvalue weighted by Gasteiger charge is 1.88. The molecule has 78 valence electrons. The van der Waals surface area contributed by atoms with Crippen LogP contribution in [-0.2, 0) is 0 Å². The van der Waals surface area contributed by atoms with Crippen molar-refractivity contribution in [3.05, 3.63) is 46.4 Å². The maximum absolute atomic E-state index is 5.41. The summed E-state index contributed by atoms with van der Waals surface area (Å²) < 4.78 is 0. The van der Waals surface area contributed by atoms with Crippen molar-refractivity contribution in [2.24, 2.45) is 0 Å². The molecule has 0 saturated heterocycles. The quantitative estimate of drug-likeness (QED) is 0.542. The summed E-state index contributed by atoms with van der Waals surface area (Å²) in [6, 6.07) is 3.28. The van der Waals surface area contributed by atoms with Gasteiger partial charge in [0.1, 0.15) is 5.15 Å². The van der Waals surface area contributed by atoms with Crippen molar-refractivity contribution >= 4 is 34.8 Å². The molecular formula is C8H5Cl3N4. The zero-order valence-electron chi connectivity index (χ0n) is 7.31. The van der Waals surface area contributed by atoms with Gasteiger partial charge in [0.15, 0.2) is 0 Å². The van der Waals surface area contributed by atoms with Gasteiger partial charge in [-0.05, 0) is 35.3 Å². The van der Waals surface area contributed by atoms with Crippen LogP contribution in [0.2, 0.25) is 15.7 Å². The van der Waals surface area contributed by atoms with E-state index < -0.39 is 0 Å². The van der Waals surface area contributed by atoms with Crippen LogP contribution >= 0.6 is 34.8 Å². The van der Waals surface area contributed by atoms with E-state index in [1.165, 1.54) is 6.20 Å². The topological polar surface area (TPSA) is 51.6 Å². The van der Waals surface area contributed by atoms with E-state index >= 15 is 0 Å². The largest absolute Gasteiger partial charge is 0.227 e. The van der Waals surface area contributed by atoms with Gasteiger partial charge in [0, 0.05) is 18.6 Å². The molecule has 0 unspecified atom stereocenters. The Morgan fingerprint density at radius 1 is 0.800 bits per heavy atom. The Balaban J connectivity index is 0.000000151. The fourth-order valence-corrected chi connectivity index (χ4v) is 1.04. The molecule has 0 aromatic carbocycles. The maximum Gasteiger partial charge on any atom is 0.223 e. The molecule has 4 nitrogen and oxygen atoms in total. The Morgan fingerprint density at radius 2 is 1.40 bits per heavy atom. The predicted octanol–water partition coefficient (Wildman–Crippen LogP) is 2.91. The van der Waals surface area contributed by atoms with Gasteiger partial charge in [-0.2, -0.15) is 0 Å². The maximum atomic E-state index is 5.41. The highest BCUT2D eigenvalue weighted by Crippen LogP contribution is 2.04. The van der Waals surface area contributed by atoms with Crippen molar-refractivity contribution in [2.45, 2.75) is 0 Å². The summed E-state index contributed by atoms with van der Waals surface area (Å²) in [5, 5.41) is 0.838. The van der Waals surface area contributed by atoms with Gasteiger partial charge < -0.3 is 0 Å². The van der Waals surface area contributed by atoms with Gasteiger partial charge in [-0.25, -0.2) is 19.9 Å². The van der Waals surface area contributed by atoms with Gasteiger partial charge in [-0.15, -0.1) is 0 Å². The van der Waals surface area contributed by atoms with E-state index in [4.69, 9.17) is 34.8 Å². The average molecular weight is 264 g/mol. The van der Waals surface area contributed by atoms with Crippen molar-refractivity contribution in [2.75, 3.05) is 0 Å². The smallest absolute Gasteiger partial charge is 0.223 e. The molecule has 0 radical (unpaired) electrons. The first-order valence-electron chi connectivity index (χ1n) is 3.75. The minimum Gasteiger partial charge on any atom is -0.227 e. The summed E-state index contributed by atoms with van der Waals surface area (Å²) in [5.41, 5.74) is 0. The Bertz CT molecular complexity index is 392. The molecule has 0 N–H and O–H groups in total. The van der Waals surface area contributed by atoms with Gasteiger partial charge in [-0.3, -0.25) is 0 Å². The Kier molecular flexibility index (Phi) is 5.25. The second kappa shape index (κ2) is 6.50. The Morgan fingerprint density at radius 3 is 1.73 bits per heavy atom. The molecule has 0 fully saturated rings. The lowest BCUT2D eigenvalue weighted by atomic mass is 10.7. The van der Waals surface area contributed by atoms with Gasteiger partial charge in [-0.1, -0.05) is 11.6 Å². The van der Waals surface area contributed by atoms with Crippen LogP contribution in [0.15, 0.2) is 30.7 Å². The number of hydrogen-bond donors (Lipinski definition) is 0. The highest BCUT2D eigenvalue weighted by atomic mass is 35.5. The van der Waals surface area contributed by atoms with Crippen molar-refractivity contribution in [3.63, 3.8) is 0 Å². The molecule has 7 heteroatoms. The van der Waals surface area contributed by atoms with Gasteiger partial charge >= 0.3 is 0 Å². The Hall–Kier alpha value is -0.970. The molecular weight excluding hydrogens is 258 g/mol. The van der Waals surface area contributed by atoms with Crippen LogP contribution in [0, 0.1) is 0 Å². The second-order valence-corrected chi connectivity index (χ2v) is 3.23. The molecule has 2 aromatic heterocycles. The molecule has 15 heavy (non-hydrogen) atoms. The third kappa shape index (κ3) is 5.47. The first kappa shape index (κ1) is 12.1. The minimum absolute atomic E-state index is 0.178. The molecule has 0 aliphatic carbocycles. The minimum atomic E-state index is 0.178. The van der Waals surface area contributed by atoms with Gasteiger partial charge in [0.05, 0.1) is 0 Å². The number of aromatic nitrogens is 4. The Labute approximate surface area is 101 Å². The molecule has 0 aliphatic heterocycles. The molecule has 0 bridgehead atoms. The number of halogens is 3. The molecule has 2 rings (SSSR count). The van der Waals surface area contributed by atoms with E-state index in [1.807, 2.05) is 0 Å². The lowest BCUT2D eigenvalue weighted by Gasteiger charge is -1.85. The normalized spacial score (nSPS) is 9.00. The van der Waals surface area contributed by atoms with Crippen LogP contribution in [0.3, 0.4) is 0 Å². The van der Waals surface area contributed by atoms with E-state index in [0.717, 1.165) is 0 Å². The molecule has 0 atom stereocenters. The van der Waals surface area contributed by atoms with E-state index in [0.29, 0.717) is 10.4 Å². The molecule has 0 saturated carbocycles. The average Bonchev–Trinajstić information content (AvgIpc) is 2.19. The second-order valence-electron chi connectivity index (χ2n) is 2.17. The number of nitrogens with zero attached hydrogens (tertiary/aromatic N) is 4. The van der Waals surface area contributed by atoms with Crippen LogP contribution in [0.1, 0.15) is 0 Å². The fraction of sp³-hybridized carbons (Fsp3) is 0. The molecule has 0 amide bonds. The summed E-state index contributed by atoms with van der Waals surface area (Å²) in [7, 11) is 0. The zero-order chi connectivity index (χ0) is 11.1. The van der Waals surface area contributed by atoms with E-state index in [1.54, 1.807) is 24.5 Å². The van der Waals surface area contributed by atoms with E-state index in [-0.39, 0.29) is 5.28 Å². The fourth-order valence-electron chi connectivity index (χ4n) is 0.595. The van der Waals surface area contributed by atoms with Crippen LogP contribution in [-0.4, -0.2) is 19.9 Å². The van der Waals surface area contributed by atoms with Crippen molar-refractivity contribution in [1.29, 1.82) is 0 Å². The van der Waals surface area contributed by atoms with Crippen molar-refractivity contribution in [3.8, 4) is 0 Å². The van der Waals surface area contributed by atoms with Crippen LogP contribution in [0.25, 0.3) is 0 Å². The van der Waals surface area contributed by atoms with Crippen molar-refractivity contribution in [1.82, 2.24) is 19.9 Å². The SMILES string of the molecule is Clc1ccnc(Cl)n1.Clc1ncccn1. The first-order chi connectivity index (χ1) is 7.18. The van der Waals surface area contributed by atoms with Gasteiger partial charge in [0.25, 0.3) is 0 Å². The monoisotopic (exact) mass is 262 g/mol. The van der Waals surface area contributed by atoms with Crippen LogP contribution in [0.5, 0.6) is 0 Å². The standard InChI is InChI=1S/C4H2Cl2N2.C4H3ClN2/c5-3-1-2-7-4(6)8-3;5-4-6-2-1-3-7-4/h1-2H;1-3H. The summed E-state index contributed by atoms with van der Waals surface area (Å²) >= 11 is 16.1. The number of hydrogen-bond acceptors (Lipinski definition) is 4. The summed E-state index contributed by atoms with van der Waals surface area (Å²) in [6.07, 6.45) is 4.68. The zero-order valence-corrected chi connectivity index (χ0v) is 9.58. The van der Waals surface area contributed by atoms with Crippen molar-refractivity contribution < 1.29 is 0 Å². The predicted molar refractivity (Wildman–Crippen MR) is 59.1 cm³/mol. The van der Waals surface area contributed by atoms with E-state index in [2.05, 4.69) is 19.9 Å². The lowest BCUT2D eigenvalue weighted by Crippen LogP contribution is -1.77. The van der Waals surface area contributed by atoms with Crippen LogP contribution in [0.4, 0.5) is 0 Å². The highest BCUT2D eigenvalue weighted by molar-refractivity contribution is 6.31.